The highest BCUT2D eigenvalue weighted by atomic mass is 32.1. The summed E-state index contributed by atoms with van der Waals surface area (Å²) in [6.07, 6.45) is 2.38. The maximum Gasteiger partial charge on any atom is 0.230 e. The molecule has 2 aromatic carbocycles. The van der Waals surface area contributed by atoms with Gasteiger partial charge in [0.2, 0.25) is 5.91 Å². The molecule has 4 rings (SSSR count). The van der Waals surface area contributed by atoms with Crippen LogP contribution < -0.4 is 0 Å². The molecule has 1 aliphatic heterocycles. The van der Waals surface area contributed by atoms with Crippen LogP contribution in [0.3, 0.4) is 0 Å². The second kappa shape index (κ2) is 9.00. The first-order valence-electron chi connectivity index (χ1n) is 10.2. The van der Waals surface area contributed by atoms with E-state index in [0.717, 1.165) is 35.9 Å². The number of aromatic nitrogens is 2. The zero-order chi connectivity index (χ0) is 21.1. The quantitative estimate of drug-likeness (QED) is 0.549. The zero-order valence-electron chi connectivity index (χ0n) is 16.7. The number of hydrogen-bond acceptors (Lipinski definition) is 4. The van der Waals surface area contributed by atoms with E-state index < -0.39 is 11.6 Å². The van der Waals surface area contributed by atoms with E-state index in [1.54, 1.807) is 0 Å². The number of hydrogen-bond donors (Lipinski definition) is 0. The van der Waals surface area contributed by atoms with Gasteiger partial charge in [0.15, 0.2) is 5.01 Å². The van der Waals surface area contributed by atoms with Crippen molar-refractivity contribution < 1.29 is 13.6 Å². The van der Waals surface area contributed by atoms with Crippen LogP contribution in [0, 0.1) is 11.6 Å². The summed E-state index contributed by atoms with van der Waals surface area (Å²) >= 11 is 1.34. The number of likely N-dealkylation sites (tertiary alicyclic amines) is 1. The van der Waals surface area contributed by atoms with Gasteiger partial charge in [0.05, 0.1) is 5.92 Å². The van der Waals surface area contributed by atoms with Gasteiger partial charge in [0.1, 0.15) is 16.6 Å². The molecule has 1 aromatic heterocycles. The Hall–Kier alpha value is -2.67. The van der Waals surface area contributed by atoms with Crippen LogP contribution in [-0.4, -0.2) is 34.1 Å². The minimum absolute atomic E-state index is 0.114. The SMILES string of the molecule is CCC(C(=O)N1CCC(c2nnc(-c3ccc(F)cc3F)s2)CC1)c1ccccc1. The standard InChI is InChI=1S/C23H23F2N3OS/c1-2-18(15-6-4-3-5-7-15)23(29)28-12-10-16(11-13-28)21-26-27-22(30-21)19-9-8-17(24)14-20(19)25/h3-9,14,16,18H,2,10-13H2,1H3. The van der Waals surface area contributed by atoms with Crippen LogP contribution in [0.25, 0.3) is 10.6 Å². The fourth-order valence-corrected chi connectivity index (χ4v) is 5.02. The van der Waals surface area contributed by atoms with Crippen LogP contribution in [0.4, 0.5) is 8.78 Å². The molecule has 1 aliphatic rings. The van der Waals surface area contributed by atoms with Gasteiger partial charge in [0.25, 0.3) is 0 Å². The van der Waals surface area contributed by atoms with Crippen LogP contribution >= 0.6 is 11.3 Å². The van der Waals surface area contributed by atoms with Gasteiger partial charge in [-0.05, 0) is 37.0 Å². The number of nitrogens with zero attached hydrogens (tertiary/aromatic N) is 3. The number of carbonyl (C=O) groups excluding carboxylic acids is 1. The predicted octanol–water partition coefficient (Wildman–Crippen LogP) is 5.38. The van der Waals surface area contributed by atoms with Gasteiger partial charge in [-0.2, -0.15) is 0 Å². The van der Waals surface area contributed by atoms with Crippen molar-refractivity contribution in [3.63, 3.8) is 0 Å². The van der Waals surface area contributed by atoms with Crippen molar-refractivity contribution in [1.29, 1.82) is 0 Å². The lowest BCUT2D eigenvalue weighted by Gasteiger charge is -2.33. The third-order valence-corrected chi connectivity index (χ3v) is 6.79. The topological polar surface area (TPSA) is 46.1 Å². The van der Waals surface area contributed by atoms with Crippen molar-refractivity contribution >= 4 is 17.2 Å². The molecule has 1 atom stereocenters. The van der Waals surface area contributed by atoms with E-state index in [9.17, 15) is 13.6 Å². The highest BCUT2D eigenvalue weighted by Crippen LogP contribution is 2.35. The summed E-state index contributed by atoms with van der Waals surface area (Å²) in [5.41, 5.74) is 1.32. The molecule has 0 radical (unpaired) electrons. The molecule has 1 fully saturated rings. The molecule has 0 aliphatic carbocycles. The van der Waals surface area contributed by atoms with E-state index in [2.05, 4.69) is 10.2 Å². The Morgan fingerprint density at radius 2 is 1.87 bits per heavy atom. The molecular formula is C23H23F2N3OS. The summed E-state index contributed by atoms with van der Waals surface area (Å²) in [5, 5.41) is 9.66. The van der Waals surface area contributed by atoms with Gasteiger partial charge in [-0.3, -0.25) is 4.79 Å². The first-order chi connectivity index (χ1) is 14.6. The lowest BCUT2D eigenvalue weighted by atomic mass is 9.92. The summed E-state index contributed by atoms with van der Waals surface area (Å²) in [6.45, 7) is 3.39. The van der Waals surface area contributed by atoms with Crippen molar-refractivity contribution in [1.82, 2.24) is 15.1 Å². The fourth-order valence-electron chi connectivity index (χ4n) is 3.98. The van der Waals surface area contributed by atoms with Crippen molar-refractivity contribution in [2.75, 3.05) is 13.1 Å². The number of carbonyl (C=O) groups is 1. The Balaban J connectivity index is 1.41. The average Bonchev–Trinajstić information content (AvgIpc) is 3.25. The third-order valence-electron chi connectivity index (χ3n) is 5.67. The number of piperidine rings is 1. The number of amides is 1. The van der Waals surface area contributed by atoms with E-state index in [1.165, 1.54) is 23.5 Å². The Bertz CT molecular complexity index is 1020. The number of benzene rings is 2. The van der Waals surface area contributed by atoms with Gasteiger partial charge in [-0.25, -0.2) is 8.78 Å². The van der Waals surface area contributed by atoms with Gasteiger partial charge in [-0.1, -0.05) is 48.6 Å². The molecule has 0 N–H and O–H groups in total. The highest BCUT2D eigenvalue weighted by Gasteiger charge is 2.30. The molecule has 156 valence electrons. The molecule has 1 unspecified atom stereocenters. The largest absolute Gasteiger partial charge is 0.342 e. The van der Waals surface area contributed by atoms with Crippen molar-refractivity contribution in [2.24, 2.45) is 0 Å². The second-order valence-corrected chi connectivity index (χ2v) is 8.55. The lowest BCUT2D eigenvalue weighted by Crippen LogP contribution is -2.40. The maximum absolute atomic E-state index is 14.0. The zero-order valence-corrected chi connectivity index (χ0v) is 17.5. The maximum atomic E-state index is 14.0. The lowest BCUT2D eigenvalue weighted by molar-refractivity contribution is -0.134. The second-order valence-electron chi connectivity index (χ2n) is 7.54. The summed E-state index contributed by atoms with van der Waals surface area (Å²) in [4.78, 5) is 15.0. The van der Waals surface area contributed by atoms with Gasteiger partial charge >= 0.3 is 0 Å². The Labute approximate surface area is 178 Å². The first-order valence-corrected chi connectivity index (χ1v) is 11.0. The van der Waals surface area contributed by atoms with E-state index >= 15 is 0 Å². The normalized spacial score (nSPS) is 15.9. The average molecular weight is 428 g/mol. The monoisotopic (exact) mass is 427 g/mol. The van der Waals surface area contributed by atoms with Crippen molar-refractivity contribution in [3.8, 4) is 10.6 Å². The smallest absolute Gasteiger partial charge is 0.230 e. The van der Waals surface area contributed by atoms with Gasteiger partial charge in [-0.15, -0.1) is 10.2 Å². The molecule has 0 bridgehead atoms. The molecule has 30 heavy (non-hydrogen) atoms. The Kier molecular flexibility index (Phi) is 6.18. The summed E-state index contributed by atoms with van der Waals surface area (Å²) < 4.78 is 27.2. The third kappa shape index (κ3) is 4.26. The minimum Gasteiger partial charge on any atom is -0.342 e. The molecule has 7 heteroatoms. The van der Waals surface area contributed by atoms with Crippen LogP contribution in [-0.2, 0) is 4.79 Å². The summed E-state index contributed by atoms with van der Waals surface area (Å²) in [6, 6.07) is 13.4. The van der Waals surface area contributed by atoms with Crippen molar-refractivity contribution in [2.45, 2.75) is 38.0 Å². The van der Waals surface area contributed by atoms with Gasteiger partial charge < -0.3 is 4.90 Å². The molecule has 1 saturated heterocycles. The van der Waals surface area contributed by atoms with E-state index in [-0.39, 0.29) is 23.3 Å². The summed E-state index contributed by atoms with van der Waals surface area (Å²) in [5.74, 6) is -0.991. The van der Waals surface area contributed by atoms with Crippen LogP contribution in [0.5, 0.6) is 0 Å². The molecule has 1 amide bonds. The van der Waals surface area contributed by atoms with E-state index in [0.29, 0.717) is 18.1 Å². The van der Waals surface area contributed by atoms with E-state index in [4.69, 9.17) is 0 Å². The first kappa shape index (κ1) is 20.6. The molecule has 4 nitrogen and oxygen atoms in total. The molecule has 2 heterocycles. The fraction of sp³-hybridized carbons (Fsp3) is 0.348. The molecule has 3 aromatic rings. The highest BCUT2D eigenvalue weighted by molar-refractivity contribution is 7.14. The van der Waals surface area contributed by atoms with Crippen LogP contribution in [0.1, 0.15) is 48.6 Å². The van der Waals surface area contributed by atoms with E-state index in [1.807, 2.05) is 42.2 Å². The predicted molar refractivity (Wildman–Crippen MR) is 113 cm³/mol. The van der Waals surface area contributed by atoms with Crippen LogP contribution in [0.15, 0.2) is 48.5 Å². The number of rotatable bonds is 5. The van der Waals surface area contributed by atoms with Crippen molar-refractivity contribution in [3.05, 3.63) is 70.7 Å². The summed E-state index contributed by atoms with van der Waals surface area (Å²) in [7, 11) is 0. The van der Waals surface area contributed by atoms with Crippen LogP contribution in [0.2, 0.25) is 0 Å². The Morgan fingerprint density at radius 3 is 2.53 bits per heavy atom. The molecule has 0 spiro atoms. The van der Waals surface area contributed by atoms with Gasteiger partial charge in [0, 0.05) is 30.6 Å². The Morgan fingerprint density at radius 1 is 1.13 bits per heavy atom. The molecular weight excluding hydrogens is 404 g/mol. The minimum atomic E-state index is -0.635. The number of halogens is 2. The molecule has 0 saturated carbocycles.